The molecule has 0 bridgehead atoms. The van der Waals surface area contributed by atoms with Crippen LogP contribution in [0.1, 0.15) is 17.1 Å². The van der Waals surface area contributed by atoms with Crippen LogP contribution >= 0.6 is 23.1 Å². The minimum absolute atomic E-state index is 0.705. The molecule has 3 aromatic rings. The van der Waals surface area contributed by atoms with Crippen molar-refractivity contribution in [3.05, 3.63) is 46.7 Å². The van der Waals surface area contributed by atoms with E-state index in [4.69, 9.17) is 5.84 Å². The van der Waals surface area contributed by atoms with Crippen LogP contribution in [0.3, 0.4) is 0 Å². The van der Waals surface area contributed by atoms with Gasteiger partial charge in [-0.25, -0.2) is 9.66 Å². The van der Waals surface area contributed by atoms with Crippen LogP contribution in [0.15, 0.2) is 34.8 Å². The van der Waals surface area contributed by atoms with Crippen LogP contribution in [0, 0.1) is 13.8 Å². The van der Waals surface area contributed by atoms with E-state index in [1.165, 1.54) is 10.2 Å². The fourth-order valence-corrected chi connectivity index (χ4v) is 3.51. The van der Waals surface area contributed by atoms with Gasteiger partial charge in [-0.2, -0.15) is 0 Å². The number of nitrogens with zero attached hydrogens (tertiary/aromatic N) is 4. The second kappa shape index (κ2) is 5.87. The van der Waals surface area contributed by atoms with Crippen molar-refractivity contribution < 1.29 is 0 Å². The minimum Gasteiger partial charge on any atom is -0.336 e. The Balaban J connectivity index is 1.70. The number of thiazole rings is 1. The third-order valence-corrected chi connectivity index (χ3v) is 4.95. The molecule has 0 unspecified atom stereocenters. The summed E-state index contributed by atoms with van der Waals surface area (Å²) in [4.78, 5) is 4.66. The molecule has 2 heterocycles. The first-order valence-electron chi connectivity index (χ1n) is 6.45. The van der Waals surface area contributed by atoms with Gasteiger partial charge < -0.3 is 5.84 Å². The Hall–Kier alpha value is -1.86. The lowest BCUT2D eigenvalue weighted by atomic mass is 10.2. The van der Waals surface area contributed by atoms with Gasteiger partial charge in [0.15, 0.2) is 0 Å². The maximum absolute atomic E-state index is 5.83. The van der Waals surface area contributed by atoms with Gasteiger partial charge in [0.25, 0.3) is 0 Å². The van der Waals surface area contributed by atoms with Gasteiger partial charge in [-0.05, 0) is 13.8 Å². The van der Waals surface area contributed by atoms with Crippen molar-refractivity contribution in [3.63, 3.8) is 0 Å². The van der Waals surface area contributed by atoms with Crippen molar-refractivity contribution in [2.75, 3.05) is 5.84 Å². The zero-order valence-corrected chi connectivity index (χ0v) is 13.4. The molecular weight excluding hydrogens is 302 g/mol. The molecule has 5 nitrogen and oxygen atoms in total. The topological polar surface area (TPSA) is 69.6 Å². The molecule has 0 radical (unpaired) electrons. The molecule has 2 aromatic heterocycles. The first-order chi connectivity index (χ1) is 10.1. The second-order valence-electron chi connectivity index (χ2n) is 4.70. The second-order valence-corrected chi connectivity index (χ2v) is 6.50. The number of benzene rings is 1. The first kappa shape index (κ1) is 14.1. The molecule has 0 fully saturated rings. The molecule has 3 rings (SSSR count). The summed E-state index contributed by atoms with van der Waals surface area (Å²) in [6.45, 7) is 3.91. The van der Waals surface area contributed by atoms with Crippen LogP contribution in [-0.4, -0.2) is 19.9 Å². The van der Waals surface area contributed by atoms with Gasteiger partial charge >= 0.3 is 0 Å². The number of rotatable bonds is 4. The van der Waals surface area contributed by atoms with Crippen LogP contribution in [0.2, 0.25) is 0 Å². The summed E-state index contributed by atoms with van der Waals surface area (Å²) in [6.07, 6.45) is 0. The molecule has 0 aliphatic rings. The predicted molar refractivity (Wildman–Crippen MR) is 86.8 cm³/mol. The Labute approximate surface area is 131 Å². The van der Waals surface area contributed by atoms with Crippen molar-refractivity contribution in [1.29, 1.82) is 0 Å². The Bertz CT molecular complexity index is 745. The van der Waals surface area contributed by atoms with Crippen LogP contribution in [0.25, 0.3) is 10.6 Å². The Morgan fingerprint density at radius 3 is 2.62 bits per heavy atom. The molecule has 7 heteroatoms. The lowest BCUT2D eigenvalue weighted by molar-refractivity contribution is 0.825. The number of nitrogens with two attached hydrogens (primary N) is 1. The predicted octanol–water partition coefficient (Wildman–Crippen LogP) is 3.02. The van der Waals surface area contributed by atoms with E-state index in [0.717, 1.165) is 22.0 Å². The normalized spacial score (nSPS) is 11.0. The lowest BCUT2D eigenvalue weighted by Gasteiger charge is -1.99. The van der Waals surface area contributed by atoms with Gasteiger partial charge in [0.2, 0.25) is 5.16 Å². The summed E-state index contributed by atoms with van der Waals surface area (Å²) >= 11 is 3.19. The highest BCUT2D eigenvalue weighted by Gasteiger charge is 2.09. The van der Waals surface area contributed by atoms with Gasteiger partial charge in [-0.3, -0.25) is 0 Å². The third kappa shape index (κ3) is 3.08. The number of hydrogen-bond donors (Lipinski definition) is 1. The third-order valence-electron chi connectivity index (χ3n) is 3.03. The molecule has 21 heavy (non-hydrogen) atoms. The molecule has 2 N–H and O–H groups in total. The monoisotopic (exact) mass is 317 g/mol. The maximum atomic E-state index is 5.83. The van der Waals surface area contributed by atoms with Crippen LogP contribution < -0.4 is 5.84 Å². The zero-order chi connectivity index (χ0) is 14.8. The molecule has 0 saturated carbocycles. The van der Waals surface area contributed by atoms with E-state index in [0.29, 0.717) is 11.0 Å². The van der Waals surface area contributed by atoms with E-state index >= 15 is 0 Å². The van der Waals surface area contributed by atoms with Gasteiger partial charge in [-0.1, -0.05) is 41.6 Å². The Kier molecular flexibility index (Phi) is 3.94. The zero-order valence-electron chi connectivity index (χ0n) is 11.8. The van der Waals surface area contributed by atoms with Crippen molar-refractivity contribution in [2.24, 2.45) is 0 Å². The number of thioether (sulfide) groups is 1. The van der Waals surface area contributed by atoms with E-state index < -0.39 is 0 Å². The Morgan fingerprint density at radius 2 is 1.95 bits per heavy atom. The average Bonchev–Trinajstić information content (AvgIpc) is 3.07. The van der Waals surface area contributed by atoms with Crippen molar-refractivity contribution in [2.45, 2.75) is 24.8 Å². The van der Waals surface area contributed by atoms with E-state index in [1.54, 1.807) is 23.1 Å². The van der Waals surface area contributed by atoms with Crippen molar-refractivity contribution >= 4 is 23.1 Å². The fraction of sp³-hybridized carbons (Fsp3) is 0.214. The van der Waals surface area contributed by atoms with Gasteiger partial charge in [0.05, 0.1) is 5.69 Å². The summed E-state index contributed by atoms with van der Waals surface area (Å²) in [5.74, 6) is 7.27. The smallest absolute Gasteiger partial charge is 0.210 e. The number of nitrogen functional groups attached to an aromatic ring is 1. The van der Waals surface area contributed by atoms with Gasteiger partial charge in [0.1, 0.15) is 10.8 Å². The fourth-order valence-electron chi connectivity index (χ4n) is 1.79. The SMILES string of the molecule is Cc1ccc(-c2nc(CSc3nnc(C)n3N)cs2)cc1. The van der Waals surface area contributed by atoms with Gasteiger partial charge in [0, 0.05) is 16.7 Å². The van der Waals surface area contributed by atoms with E-state index in [9.17, 15) is 0 Å². The number of aryl methyl sites for hydroxylation is 2. The molecule has 0 amide bonds. The molecule has 0 aliphatic carbocycles. The highest BCUT2D eigenvalue weighted by Crippen LogP contribution is 2.27. The van der Waals surface area contributed by atoms with E-state index in [-0.39, 0.29) is 0 Å². The molecule has 0 atom stereocenters. The van der Waals surface area contributed by atoms with Gasteiger partial charge in [-0.15, -0.1) is 21.5 Å². The summed E-state index contributed by atoms with van der Waals surface area (Å²) < 4.78 is 1.50. The van der Waals surface area contributed by atoms with E-state index in [2.05, 4.69) is 51.8 Å². The first-order valence-corrected chi connectivity index (χ1v) is 8.31. The molecule has 0 spiro atoms. The lowest BCUT2D eigenvalue weighted by Crippen LogP contribution is -2.11. The summed E-state index contributed by atoms with van der Waals surface area (Å²) in [5, 5.41) is 11.8. The summed E-state index contributed by atoms with van der Waals surface area (Å²) in [7, 11) is 0. The molecule has 0 saturated heterocycles. The quantitative estimate of drug-likeness (QED) is 0.591. The molecule has 108 valence electrons. The Morgan fingerprint density at radius 1 is 1.19 bits per heavy atom. The standard InChI is InChI=1S/C14H15N5S2/c1-9-3-5-11(6-4-9)13-16-12(7-20-13)8-21-14-18-17-10(2)19(14)15/h3-7H,8,15H2,1-2H3. The van der Waals surface area contributed by atoms with Crippen LogP contribution in [-0.2, 0) is 5.75 Å². The summed E-state index contributed by atoms with van der Waals surface area (Å²) in [5.41, 5.74) is 3.43. The number of aromatic nitrogens is 4. The average molecular weight is 317 g/mol. The molecule has 0 aliphatic heterocycles. The molecule has 1 aromatic carbocycles. The molecular formula is C14H15N5S2. The highest BCUT2D eigenvalue weighted by molar-refractivity contribution is 7.98. The maximum Gasteiger partial charge on any atom is 0.210 e. The van der Waals surface area contributed by atoms with Crippen molar-refractivity contribution in [3.8, 4) is 10.6 Å². The highest BCUT2D eigenvalue weighted by atomic mass is 32.2. The van der Waals surface area contributed by atoms with Crippen LogP contribution in [0.5, 0.6) is 0 Å². The van der Waals surface area contributed by atoms with Crippen molar-refractivity contribution in [1.82, 2.24) is 19.9 Å². The number of hydrogen-bond acceptors (Lipinski definition) is 6. The largest absolute Gasteiger partial charge is 0.336 e. The van der Waals surface area contributed by atoms with E-state index in [1.807, 2.05) is 6.92 Å². The van der Waals surface area contributed by atoms with Crippen LogP contribution in [0.4, 0.5) is 0 Å². The minimum atomic E-state index is 0.705. The summed E-state index contributed by atoms with van der Waals surface area (Å²) in [6, 6.07) is 8.41.